The Bertz CT molecular complexity index is 1040. The molecule has 132 valence electrons. The minimum atomic E-state index is -4.70. The number of aromatic nitrogens is 2. The van der Waals surface area contributed by atoms with Gasteiger partial charge in [0.2, 0.25) is 10.0 Å². The van der Waals surface area contributed by atoms with E-state index in [-0.39, 0.29) is 16.3 Å². The van der Waals surface area contributed by atoms with E-state index in [4.69, 9.17) is 16.7 Å². The van der Waals surface area contributed by atoms with Crippen LogP contribution in [0.2, 0.25) is 4.34 Å². The standard InChI is InChI=1S/C14H9ClF3N3O2S2/c15-13-6-5-10(24-13)9-7-12(14(16,17)18)20-21(9)8-3-1-2-4-11(8)25(19,22)23/h1-7H,(H2,19,22,23). The van der Waals surface area contributed by atoms with Crippen molar-refractivity contribution in [2.24, 2.45) is 5.14 Å². The summed E-state index contributed by atoms with van der Waals surface area (Å²) in [5.41, 5.74) is -1.18. The van der Waals surface area contributed by atoms with Crippen molar-refractivity contribution in [3.05, 3.63) is 52.5 Å². The normalized spacial score (nSPS) is 12.5. The second-order valence-electron chi connectivity index (χ2n) is 4.94. The molecule has 0 radical (unpaired) electrons. The zero-order valence-corrected chi connectivity index (χ0v) is 14.5. The number of thiophene rings is 1. The molecular weight excluding hydrogens is 399 g/mol. The summed E-state index contributed by atoms with van der Waals surface area (Å²) >= 11 is 6.90. The highest BCUT2D eigenvalue weighted by Crippen LogP contribution is 2.37. The molecule has 0 saturated carbocycles. The Balaban J connectivity index is 2.32. The fourth-order valence-corrected chi connectivity index (χ4v) is 3.96. The Hall–Kier alpha value is -1.88. The molecule has 0 spiro atoms. The molecule has 0 bridgehead atoms. The summed E-state index contributed by atoms with van der Waals surface area (Å²) in [4.78, 5) is 0.0629. The molecule has 2 N–H and O–H groups in total. The molecule has 0 aliphatic heterocycles. The van der Waals surface area contributed by atoms with E-state index < -0.39 is 21.9 Å². The van der Waals surface area contributed by atoms with E-state index in [2.05, 4.69) is 5.10 Å². The van der Waals surface area contributed by atoms with Crippen molar-refractivity contribution in [3.63, 3.8) is 0 Å². The van der Waals surface area contributed by atoms with Crippen molar-refractivity contribution in [3.8, 4) is 16.3 Å². The number of benzene rings is 1. The van der Waals surface area contributed by atoms with Gasteiger partial charge in [-0.15, -0.1) is 11.3 Å². The van der Waals surface area contributed by atoms with Gasteiger partial charge in [0, 0.05) is 0 Å². The van der Waals surface area contributed by atoms with E-state index in [0.29, 0.717) is 9.21 Å². The smallest absolute Gasteiger partial charge is 0.230 e. The van der Waals surface area contributed by atoms with E-state index in [1.807, 2.05) is 0 Å². The van der Waals surface area contributed by atoms with Crippen molar-refractivity contribution in [2.75, 3.05) is 0 Å². The molecule has 3 rings (SSSR count). The number of hydrogen-bond donors (Lipinski definition) is 1. The third kappa shape index (κ3) is 3.56. The molecule has 0 saturated heterocycles. The van der Waals surface area contributed by atoms with Crippen molar-refractivity contribution in [2.45, 2.75) is 11.1 Å². The van der Waals surface area contributed by atoms with Gasteiger partial charge in [-0.2, -0.15) is 18.3 Å². The Morgan fingerprint density at radius 2 is 1.84 bits per heavy atom. The topological polar surface area (TPSA) is 78.0 Å². The van der Waals surface area contributed by atoms with Gasteiger partial charge in [-0.05, 0) is 30.3 Å². The first-order valence-corrected chi connectivity index (χ1v) is 9.36. The van der Waals surface area contributed by atoms with Crippen LogP contribution in [0.15, 0.2) is 47.4 Å². The number of rotatable bonds is 3. The molecule has 5 nitrogen and oxygen atoms in total. The SMILES string of the molecule is NS(=O)(=O)c1ccccc1-n1nc(C(F)(F)F)cc1-c1ccc(Cl)s1. The van der Waals surface area contributed by atoms with Gasteiger partial charge < -0.3 is 0 Å². The van der Waals surface area contributed by atoms with Crippen LogP contribution < -0.4 is 5.14 Å². The van der Waals surface area contributed by atoms with Crippen molar-refractivity contribution >= 4 is 33.0 Å². The Labute approximate surface area is 149 Å². The summed E-state index contributed by atoms with van der Waals surface area (Å²) in [5.74, 6) is 0. The Morgan fingerprint density at radius 1 is 1.16 bits per heavy atom. The minimum absolute atomic E-state index is 0.0559. The monoisotopic (exact) mass is 407 g/mol. The van der Waals surface area contributed by atoms with Crippen LogP contribution >= 0.6 is 22.9 Å². The maximum absolute atomic E-state index is 13.1. The molecule has 0 amide bonds. The lowest BCUT2D eigenvalue weighted by Crippen LogP contribution is -2.16. The van der Waals surface area contributed by atoms with Gasteiger partial charge in [0.1, 0.15) is 4.90 Å². The zero-order valence-electron chi connectivity index (χ0n) is 12.2. The van der Waals surface area contributed by atoms with Crippen molar-refractivity contribution in [1.29, 1.82) is 0 Å². The van der Waals surface area contributed by atoms with Gasteiger partial charge in [0.15, 0.2) is 5.69 Å². The van der Waals surface area contributed by atoms with Crippen LogP contribution in [0.25, 0.3) is 16.3 Å². The van der Waals surface area contributed by atoms with Crippen LogP contribution in [-0.4, -0.2) is 18.2 Å². The summed E-state index contributed by atoms with van der Waals surface area (Å²) in [6.45, 7) is 0. The lowest BCUT2D eigenvalue weighted by Gasteiger charge is -2.10. The fraction of sp³-hybridized carbons (Fsp3) is 0.0714. The van der Waals surface area contributed by atoms with Crippen LogP contribution in [-0.2, 0) is 16.2 Å². The first-order chi connectivity index (χ1) is 11.6. The minimum Gasteiger partial charge on any atom is -0.230 e. The van der Waals surface area contributed by atoms with Crippen LogP contribution in [0.5, 0.6) is 0 Å². The van der Waals surface area contributed by atoms with Gasteiger partial charge in [-0.3, -0.25) is 0 Å². The molecule has 25 heavy (non-hydrogen) atoms. The van der Waals surface area contributed by atoms with Crippen LogP contribution in [0.4, 0.5) is 13.2 Å². The Morgan fingerprint density at radius 3 is 2.40 bits per heavy atom. The van der Waals surface area contributed by atoms with E-state index in [0.717, 1.165) is 22.1 Å². The third-order valence-corrected chi connectivity index (χ3v) is 5.44. The molecule has 0 aliphatic carbocycles. The second-order valence-corrected chi connectivity index (χ2v) is 8.19. The number of sulfonamides is 1. The van der Waals surface area contributed by atoms with Gasteiger partial charge >= 0.3 is 6.18 Å². The van der Waals surface area contributed by atoms with Gasteiger partial charge in [0.25, 0.3) is 0 Å². The number of hydrogen-bond acceptors (Lipinski definition) is 4. The molecule has 0 aliphatic rings. The maximum atomic E-state index is 13.1. The average molecular weight is 408 g/mol. The molecule has 0 atom stereocenters. The summed E-state index contributed by atoms with van der Waals surface area (Å²) in [5, 5.41) is 8.72. The van der Waals surface area contributed by atoms with Crippen molar-refractivity contribution < 1.29 is 21.6 Å². The number of nitrogens with zero attached hydrogens (tertiary/aromatic N) is 2. The summed E-state index contributed by atoms with van der Waals surface area (Å²) < 4.78 is 64.2. The summed E-state index contributed by atoms with van der Waals surface area (Å²) in [7, 11) is -4.17. The van der Waals surface area contributed by atoms with Gasteiger partial charge in [-0.25, -0.2) is 18.2 Å². The lowest BCUT2D eigenvalue weighted by atomic mass is 10.2. The number of alkyl halides is 3. The highest BCUT2D eigenvalue weighted by atomic mass is 35.5. The molecule has 1 aromatic carbocycles. The van der Waals surface area contributed by atoms with Crippen molar-refractivity contribution in [1.82, 2.24) is 9.78 Å². The molecule has 11 heteroatoms. The number of nitrogens with two attached hydrogens (primary N) is 1. The molecule has 0 fully saturated rings. The molecule has 2 aromatic heterocycles. The molecule has 2 heterocycles. The van der Waals surface area contributed by atoms with Crippen LogP contribution in [0.3, 0.4) is 0 Å². The quantitative estimate of drug-likeness (QED) is 0.714. The fourth-order valence-electron chi connectivity index (χ4n) is 2.20. The number of primary sulfonamides is 1. The molecule has 0 unspecified atom stereocenters. The van der Waals surface area contributed by atoms with Gasteiger partial charge in [0.05, 0.1) is 20.6 Å². The van der Waals surface area contributed by atoms with E-state index in [1.165, 1.54) is 36.4 Å². The van der Waals surface area contributed by atoms with E-state index in [1.54, 1.807) is 0 Å². The lowest BCUT2D eigenvalue weighted by molar-refractivity contribution is -0.141. The summed E-state index contributed by atoms with van der Waals surface area (Å²) in [6.07, 6.45) is -4.70. The molecular formula is C14H9ClF3N3O2S2. The first kappa shape index (κ1) is 17.9. The molecule has 3 aromatic rings. The highest BCUT2D eigenvalue weighted by molar-refractivity contribution is 7.89. The predicted molar refractivity (Wildman–Crippen MR) is 88.3 cm³/mol. The van der Waals surface area contributed by atoms with E-state index >= 15 is 0 Å². The van der Waals surface area contributed by atoms with E-state index in [9.17, 15) is 21.6 Å². The highest BCUT2D eigenvalue weighted by Gasteiger charge is 2.36. The third-order valence-electron chi connectivity index (χ3n) is 3.23. The Kier molecular flexibility index (Phi) is 4.40. The first-order valence-electron chi connectivity index (χ1n) is 6.62. The second kappa shape index (κ2) is 6.13. The largest absolute Gasteiger partial charge is 0.435 e. The number of para-hydroxylation sites is 1. The van der Waals surface area contributed by atoms with Gasteiger partial charge in [-0.1, -0.05) is 23.7 Å². The average Bonchev–Trinajstić information content (AvgIpc) is 3.11. The maximum Gasteiger partial charge on any atom is 0.435 e. The summed E-state index contributed by atoms with van der Waals surface area (Å²) in [6, 6.07) is 9.31. The van der Waals surface area contributed by atoms with Crippen LogP contribution in [0, 0.1) is 0 Å². The van der Waals surface area contributed by atoms with Crippen LogP contribution in [0.1, 0.15) is 5.69 Å². The zero-order chi connectivity index (χ0) is 18.4. The number of halogens is 4. The predicted octanol–water partition coefficient (Wildman–Crippen LogP) is 3.92.